The van der Waals surface area contributed by atoms with Crippen LogP contribution in [0.15, 0.2) is 22.7 Å². The SMILES string of the molecule is C1COCCN1.CCN(Cc1cc(Br)ccc1O)C(=O)N(C)C. The van der Waals surface area contributed by atoms with Crippen LogP contribution in [0.5, 0.6) is 5.75 Å². The molecule has 2 rings (SSSR count). The fourth-order valence-corrected chi connectivity index (χ4v) is 2.41. The Morgan fingerprint density at radius 3 is 2.43 bits per heavy atom. The smallest absolute Gasteiger partial charge is 0.319 e. The van der Waals surface area contributed by atoms with Gasteiger partial charge in [0.05, 0.1) is 19.8 Å². The van der Waals surface area contributed by atoms with Gasteiger partial charge in [0.1, 0.15) is 5.75 Å². The highest BCUT2D eigenvalue weighted by molar-refractivity contribution is 9.10. The van der Waals surface area contributed by atoms with Gasteiger partial charge in [0, 0.05) is 43.8 Å². The number of morpholine rings is 1. The predicted octanol–water partition coefficient (Wildman–Crippen LogP) is 2.26. The number of rotatable bonds is 3. The second kappa shape index (κ2) is 10.5. The van der Waals surface area contributed by atoms with E-state index in [4.69, 9.17) is 4.74 Å². The Hall–Kier alpha value is -1.31. The largest absolute Gasteiger partial charge is 0.508 e. The van der Waals surface area contributed by atoms with Gasteiger partial charge in [-0.15, -0.1) is 0 Å². The summed E-state index contributed by atoms with van der Waals surface area (Å²) in [6, 6.07) is 5.14. The minimum Gasteiger partial charge on any atom is -0.508 e. The van der Waals surface area contributed by atoms with E-state index in [0.717, 1.165) is 36.3 Å². The quantitative estimate of drug-likeness (QED) is 0.834. The molecule has 0 bridgehead atoms. The lowest BCUT2D eigenvalue weighted by Crippen LogP contribution is -2.38. The van der Waals surface area contributed by atoms with Crippen molar-refractivity contribution >= 4 is 22.0 Å². The summed E-state index contributed by atoms with van der Waals surface area (Å²) >= 11 is 3.35. The number of halogens is 1. The molecule has 23 heavy (non-hydrogen) atoms. The summed E-state index contributed by atoms with van der Waals surface area (Å²) in [5.41, 5.74) is 0.733. The van der Waals surface area contributed by atoms with E-state index in [1.54, 1.807) is 31.1 Å². The van der Waals surface area contributed by atoms with Crippen LogP contribution in [0.4, 0.5) is 4.79 Å². The normalized spacial score (nSPS) is 13.7. The van der Waals surface area contributed by atoms with Crippen LogP contribution in [0.1, 0.15) is 12.5 Å². The van der Waals surface area contributed by atoms with Gasteiger partial charge in [-0.2, -0.15) is 0 Å². The molecule has 2 N–H and O–H groups in total. The number of hydrogen-bond donors (Lipinski definition) is 2. The zero-order valence-corrected chi connectivity index (χ0v) is 15.6. The Balaban J connectivity index is 0.000000366. The van der Waals surface area contributed by atoms with Crippen LogP contribution in [-0.4, -0.2) is 67.9 Å². The molecule has 1 saturated heterocycles. The van der Waals surface area contributed by atoms with Crippen LogP contribution in [-0.2, 0) is 11.3 Å². The number of ether oxygens (including phenoxy) is 1. The molecule has 0 spiro atoms. The number of carbonyl (C=O) groups excluding carboxylic acids is 1. The summed E-state index contributed by atoms with van der Waals surface area (Å²) in [7, 11) is 3.43. The summed E-state index contributed by atoms with van der Waals surface area (Å²) in [5.74, 6) is 0.207. The number of nitrogens with zero attached hydrogens (tertiary/aromatic N) is 2. The molecular weight excluding hydrogens is 362 g/mol. The monoisotopic (exact) mass is 387 g/mol. The van der Waals surface area contributed by atoms with Crippen LogP contribution in [0.3, 0.4) is 0 Å². The summed E-state index contributed by atoms with van der Waals surface area (Å²) in [4.78, 5) is 15.0. The first-order valence-corrected chi connectivity index (χ1v) is 8.47. The standard InChI is InChI=1S/C12H17BrN2O2.C4H9NO/c1-4-15(12(17)14(2)3)8-9-7-10(13)5-6-11(9)16;1-3-6-4-2-5-1/h5-7,16H,4,8H2,1-3H3;5H,1-4H2. The fraction of sp³-hybridized carbons (Fsp3) is 0.562. The predicted molar refractivity (Wildman–Crippen MR) is 94.7 cm³/mol. The third-order valence-electron chi connectivity index (χ3n) is 3.28. The van der Waals surface area contributed by atoms with Crippen LogP contribution in [0, 0.1) is 0 Å². The average molecular weight is 388 g/mol. The molecule has 0 saturated carbocycles. The number of carbonyl (C=O) groups is 1. The molecular formula is C16H26BrN3O3. The summed E-state index contributed by atoms with van der Waals surface area (Å²) in [6.45, 7) is 6.75. The molecule has 130 valence electrons. The highest BCUT2D eigenvalue weighted by Crippen LogP contribution is 2.23. The van der Waals surface area contributed by atoms with E-state index in [9.17, 15) is 9.90 Å². The van der Waals surface area contributed by atoms with Crippen molar-refractivity contribution < 1.29 is 14.6 Å². The topological polar surface area (TPSA) is 65.0 Å². The lowest BCUT2D eigenvalue weighted by Gasteiger charge is -2.25. The molecule has 1 aromatic rings. The van der Waals surface area contributed by atoms with E-state index in [1.165, 1.54) is 4.90 Å². The van der Waals surface area contributed by atoms with Crippen molar-refractivity contribution in [2.45, 2.75) is 13.5 Å². The van der Waals surface area contributed by atoms with Gasteiger partial charge in [-0.1, -0.05) is 15.9 Å². The highest BCUT2D eigenvalue weighted by atomic mass is 79.9. The molecule has 0 unspecified atom stereocenters. The van der Waals surface area contributed by atoms with E-state index >= 15 is 0 Å². The summed E-state index contributed by atoms with van der Waals surface area (Å²) in [5, 5.41) is 12.9. The minimum absolute atomic E-state index is 0.0631. The molecule has 1 aliphatic heterocycles. The van der Waals surface area contributed by atoms with Crippen LogP contribution in [0.2, 0.25) is 0 Å². The number of benzene rings is 1. The van der Waals surface area contributed by atoms with Crippen LogP contribution in [0.25, 0.3) is 0 Å². The van der Waals surface area contributed by atoms with Gasteiger partial charge < -0.3 is 25.0 Å². The van der Waals surface area contributed by atoms with E-state index in [2.05, 4.69) is 21.2 Å². The second-order valence-corrected chi connectivity index (χ2v) is 6.24. The lowest BCUT2D eigenvalue weighted by atomic mass is 10.2. The van der Waals surface area contributed by atoms with Gasteiger partial charge >= 0.3 is 6.03 Å². The third-order valence-corrected chi connectivity index (χ3v) is 3.78. The molecule has 2 amide bonds. The second-order valence-electron chi connectivity index (χ2n) is 5.33. The van der Waals surface area contributed by atoms with Crippen molar-refractivity contribution in [1.82, 2.24) is 15.1 Å². The molecule has 6 nitrogen and oxygen atoms in total. The first-order chi connectivity index (χ1) is 11.0. The molecule has 0 radical (unpaired) electrons. The van der Waals surface area contributed by atoms with Crippen molar-refractivity contribution in [3.63, 3.8) is 0 Å². The van der Waals surface area contributed by atoms with E-state index in [-0.39, 0.29) is 11.8 Å². The van der Waals surface area contributed by atoms with Crippen molar-refractivity contribution in [3.8, 4) is 5.75 Å². The van der Waals surface area contributed by atoms with Crippen molar-refractivity contribution in [3.05, 3.63) is 28.2 Å². The van der Waals surface area contributed by atoms with Crippen molar-refractivity contribution in [1.29, 1.82) is 0 Å². The number of urea groups is 1. The van der Waals surface area contributed by atoms with E-state index in [0.29, 0.717) is 13.1 Å². The van der Waals surface area contributed by atoms with Crippen LogP contribution < -0.4 is 5.32 Å². The Labute approximate surface area is 146 Å². The molecule has 7 heteroatoms. The molecule has 1 fully saturated rings. The molecule has 1 aliphatic rings. The average Bonchev–Trinajstić information content (AvgIpc) is 2.57. The number of phenols is 1. The molecule has 0 aliphatic carbocycles. The Bertz CT molecular complexity index is 482. The zero-order chi connectivity index (χ0) is 17.2. The Morgan fingerprint density at radius 2 is 2.00 bits per heavy atom. The summed E-state index contributed by atoms with van der Waals surface area (Å²) < 4.78 is 5.89. The Kier molecular flexibility index (Phi) is 8.98. The van der Waals surface area contributed by atoms with Gasteiger partial charge in [-0.25, -0.2) is 4.79 Å². The molecule has 1 heterocycles. The van der Waals surface area contributed by atoms with E-state index < -0.39 is 0 Å². The molecule has 1 aromatic carbocycles. The third kappa shape index (κ3) is 7.20. The number of amides is 2. The molecule has 0 aromatic heterocycles. The maximum absolute atomic E-state index is 11.8. The number of hydrogen-bond acceptors (Lipinski definition) is 4. The Morgan fingerprint density at radius 1 is 1.35 bits per heavy atom. The number of aromatic hydroxyl groups is 1. The number of phenolic OH excluding ortho intramolecular Hbond substituents is 1. The first kappa shape index (κ1) is 19.7. The summed E-state index contributed by atoms with van der Waals surface area (Å²) in [6.07, 6.45) is 0. The van der Waals surface area contributed by atoms with Gasteiger partial charge in [-0.3, -0.25) is 0 Å². The maximum atomic E-state index is 11.8. The van der Waals surface area contributed by atoms with Gasteiger partial charge in [0.15, 0.2) is 0 Å². The van der Waals surface area contributed by atoms with Crippen molar-refractivity contribution in [2.24, 2.45) is 0 Å². The van der Waals surface area contributed by atoms with Crippen LogP contribution >= 0.6 is 15.9 Å². The van der Waals surface area contributed by atoms with E-state index in [1.807, 2.05) is 13.0 Å². The van der Waals surface area contributed by atoms with Crippen molar-refractivity contribution in [2.75, 3.05) is 46.9 Å². The first-order valence-electron chi connectivity index (χ1n) is 7.67. The van der Waals surface area contributed by atoms with Gasteiger partial charge in [0.2, 0.25) is 0 Å². The molecule has 0 atom stereocenters. The fourth-order valence-electron chi connectivity index (χ4n) is 2.00. The lowest BCUT2D eigenvalue weighted by molar-refractivity contribution is 0.109. The zero-order valence-electron chi connectivity index (χ0n) is 14.0. The maximum Gasteiger partial charge on any atom is 0.319 e. The number of nitrogens with one attached hydrogen (secondary N) is 1. The van der Waals surface area contributed by atoms with Gasteiger partial charge in [-0.05, 0) is 25.1 Å². The minimum atomic E-state index is -0.0631. The van der Waals surface area contributed by atoms with Gasteiger partial charge in [0.25, 0.3) is 0 Å². The highest BCUT2D eigenvalue weighted by Gasteiger charge is 2.15.